The SMILES string of the molecule is CC(C)C1CCC(=O)N(CC(=O)N(C)CCC#N)CC1. The molecule has 0 spiro atoms. The molecule has 1 atom stereocenters. The zero-order valence-electron chi connectivity index (χ0n) is 12.8. The minimum atomic E-state index is -0.0865. The van der Waals surface area contributed by atoms with Gasteiger partial charge in [-0.1, -0.05) is 13.8 Å². The predicted octanol–water partition coefficient (Wildman–Crippen LogP) is 1.64. The van der Waals surface area contributed by atoms with Crippen molar-refractivity contribution in [2.24, 2.45) is 11.8 Å². The largest absolute Gasteiger partial charge is 0.343 e. The van der Waals surface area contributed by atoms with Gasteiger partial charge in [0.15, 0.2) is 0 Å². The second-order valence-corrected chi connectivity index (χ2v) is 5.87. The van der Waals surface area contributed by atoms with Gasteiger partial charge in [0.2, 0.25) is 11.8 Å². The van der Waals surface area contributed by atoms with Crippen molar-refractivity contribution in [3.8, 4) is 6.07 Å². The summed E-state index contributed by atoms with van der Waals surface area (Å²) in [4.78, 5) is 27.3. The molecule has 1 rings (SSSR count). The van der Waals surface area contributed by atoms with E-state index < -0.39 is 0 Å². The Bertz CT molecular complexity index is 387. The lowest BCUT2D eigenvalue weighted by Crippen LogP contribution is -2.41. The summed E-state index contributed by atoms with van der Waals surface area (Å²) in [7, 11) is 1.68. The van der Waals surface area contributed by atoms with Gasteiger partial charge in [-0.15, -0.1) is 0 Å². The summed E-state index contributed by atoms with van der Waals surface area (Å²) < 4.78 is 0. The number of likely N-dealkylation sites (tertiary alicyclic amines) is 1. The average Bonchev–Trinajstić information content (AvgIpc) is 2.59. The molecule has 5 nitrogen and oxygen atoms in total. The average molecular weight is 279 g/mol. The Hall–Kier alpha value is -1.57. The van der Waals surface area contributed by atoms with E-state index in [-0.39, 0.29) is 18.4 Å². The van der Waals surface area contributed by atoms with Gasteiger partial charge in [0.05, 0.1) is 19.0 Å². The van der Waals surface area contributed by atoms with Crippen LogP contribution in [0.2, 0.25) is 0 Å². The highest BCUT2D eigenvalue weighted by Crippen LogP contribution is 2.25. The molecule has 1 aliphatic heterocycles. The van der Waals surface area contributed by atoms with E-state index in [0.717, 1.165) is 12.8 Å². The first-order valence-electron chi connectivity index (χ1n) is 7.34. The fourth-order valence-corrected chi connectivity index (χ4v) is 2.52. The molecule has 0 aromatic heterocycles. The fraction of sp³-hybridized carbons (Fsp3) is 0.800. The monoisotopic (exact) mass is 279 g/mol. The summed E-state index contributed by atoms with van der Waals surface area (Å²) in [6.07, 6.45) is 2.76. The predicted molar refractivity (Wildman–Crippen MR) is 76.6 cm³/mol. The Morgan fingerprint density at radius 2 is 2.20 bits per heavy atom. The van der Waals surface area contributed by atoms with E-state index in [1.165, 1.54) is 4.90 Å². The van der Waals surface area contributed by atoms with Gasteiger partial charge in [-0.2, -0.15) is 5.26 Å². The second kappa shape index (κ2) is 7.88. The topological polar surface area (TPSA) is 64.4 Å². The van der Waals surface area contributed by atoms with E-state index >= 15 is 0 Å². The number of nitrogens with zero attached hydrogens (tertiary/aromatic N) is 3. The second-order valence-electron chi connectivity index (χ2n) is 5.87. The molecule has 1 aliphatic rings. The summed E-state index contributed by atoms with van der Waals surface area (Å²) in [5.74, 6) is 1.14. The molecule has 1 unspecified atom stereocenters. The van der Waals surface area contributed by atoms with Gasteiger partial charge in [-0.25, -0.2) is 0 Å². The van der Waals surface area contributed by atoms with Gasteiger partial charge in [0, 0.05) is 26.6 Å². The van der Waals surface area contributed by atoms with E-state index in [4.69, 9.17) is 5.26 Å². The summed E-state index contributed by atoms with van der Waals surface area (Å²) >= 11 is 0. The zero-order chi connectivity index (χ0) is 15.1. The van der Waals surface area contributed by atoms with Crippen LogP contribution in [0, 0.1) is 23.2 Å². The molecule has 0 radical (unpaired) electrons. The van der Waals surface area contributed by atoms with Crippen LogP contribution >= 0.6 is 0 Å². The van der Waals surface area contributed by atoms with Crippen LogP contribution in [0.15, 0.2) is 0 Å². The minimum absolute atomic E-state index is 0.0789. The van der Waals surface area contributed by atoms with Crippen LogP contribution in [0.4, 0.5) is 0 Å². The molecule has 0 aromatic rings. The number of carbonyl (C=O) groups excluding carboxylic acids is 2. The normalized spacial score (nSPS) is 19.6. The van der Waals surface area contributed by atoms with E-state index in [0.29, 0.717) is 37.8 Å². The lowest BCUT2D eigenvalue weighted by atomic mass is 9.89. The summed E-state index contributed by atoms with van der Waals surface area (Å²) in [5.41, 5.74) is 0. The van der Waals surface area contributed by atoms with Crippen LogP contribution in [0.1, 0.15) is 39.5 Å². The zero-order valence-corrected chi connectivity index (χ0v) is 12.8. The first-order valence-corrected chi connectivity index (χ1v) is 7.34. The smallest absolute Gasteiger partial charge is 0.241 e. The van der Waals surface area contributed by atoms with Gasteiger partial charge >= 0.3 is 0 Å². The standard InChI is InChI=1S/C15H25N3O2/c1-12(2)13-5-6-14(19)18(10-7-13)11-15(20)17(3)9-4-8-16/h12-13H,4-7,9-11H2,1-3H3. The number of rotatable bonds is 5. The molecule has 112 valence electrons. The lowest BCUT2D eigenvalue weighted by molar-refractivity contribution is -0.139. The van der Waals surface area contributed by atoms with Gasteiger partial charge in [0.25, 0.3) is 0 Å². The van der Waals surface area contributed by atoms with Crippen molar-refractivity contribution in [3.63, 3.8) is 0 Å². The maximum absolute atomic E-state index is 12.1. The molecule has 1 saturated heterocycles. The quantitative estimate of drug-likeness (QED) is 0.768. The van der Waals surface area contributed by atoms with Crippen molar-refractivity contribution in [1.82, 2.24) is 9.80 Å². The molecule has 0 saturated carbocycles. The number of hydrogen-bond donors (Lipinski definition) is 0. The number of amides is 2. The van der Waals surface area contributed by atoms with Gasteiger partial charge in [-0.3, -0.25) is 9.59 Å². The molecule has 0 aliphatic carbocycles. The lowest BCUT2D eigenvalue weighted by Gasteiger charge is -2.24. The highest BCUT2D eigenvalue weighted by atomic mass is 16.2. The van der Waals surface area contributed by atoms with Crippen LogP contribution in [-0.2, 0) is 9.59 Å². The van der Waals surface area contributed by atoms with Crippen molar-refractivity contribution in [3.05, 3.63) is 0 Å². The maximum Gasteiger partial charge on any atom is 0.241 e. The molecule has 0 N–H and O–H groups in total. The molecule has 1 fully saturated rings. The molecule has 1 heterocycles. The number of hydrogen-bond acceptors (Lipinski definition) is 3. The summed E-state index contributed by atoms with van der Waals surface area (Å²) in [5, 5.41) is 8.53. The third kappa shape index (κ3) is 4.84. The van der Waals surface area contributed by atoms with Crippen LogP contribution in [0.25, 0.3) is 0 Å². The van der Waals surface area contributed by atoms with Crippen molar-refractivity contribution in [1.29, 1.82) is 5.26 Å². The van der Waals surface area contributed by atoms with Crippen LogP contribution in [-0.4, -0.2) is 48.3 Å². The van der Waals surface area contributed by atoms with Gasteiger partial charge in [-0.05, 0) is 24.7 Å². The number of nitriles is 1. The molecular formula is C15H25N3O2. The third-order valence-corrected chi connectivity index (χ3v) is 4.11. The third-order valence-electron chi connectivity index (χ3n) is 4.11. The molecule has 0 bridgehead atoms. The fourth-order valence-electron chi connectivity index (χ4n) is 2.52. The van der Waals surface area contributed by atoms with Crippen molar-refractivity contribution < 1.29 is 9.59 Å². The maximum atomic E-state index is 12.1. The Balaban J connectivity index is 2.52. The number of carbonyl (C=O) groups is 2. The molecule has 0 aromatic carbocycles. The first kappa shape index (κ1) is 16.5. The highest BCUT2D eigenvalue weighted by Gasteiger charge is 2.26. The van der Waals surface area contributed by atoms with Crippen LogP contribution in [0.5, 0.6) is 0 Å². The minimum Gasteiger partial charge on any atom is -0.343 e. The van der Waals surface area contributed by atoms with Crippen molar-refractivity contribution in [2.45, 2.75) is 39.5 Å². The van der Waals surface area contributed by atoms with E-state index in [1.54, 1.807) is 11.9 Å². The summed E-state index contributed by atoms with van der Waals surface area (Å²) in [6.45, 7) is 5.61. The Kier molecular flexibility index (Phi) is 6.50. The van der Waals surface area contributed by atoms with E-state index in [1.807, 2.05) is 6.07 Å². The highest BCUT2D eigenvalue weighted by molar-refractivity contribution is 5.84. The van der Waals surface area contributed by atoms with E-state index in [2.05, 4.69) is 13.8 Å². The van der Waals surface area contributed by atoms with Crippen molar-refractivity contribution >= 4 is 11.8 Å². The number of likely N-dealkylation sites (N-methyl/N-ethyl adjacent to an activating group) is 1. The van der Waals surface area contributed by atoms with E-state index in [9.17, 15) is 9.59 Å². The Labute approximate surface area is 121 Å². The Morgan fingerprint density at radius 3 is 2.80 bits per heavy atom. The molecule has 20 heavy (non-hydrogen) atoms. The molecular weight excluding hydrogens is 254 g/mol. The molecule has 2 amide bonds. The van der Waals surface area contributed by atoms with Crippen molar-refractivity contribution in [2.75, 3.05) is 26.7 Å². The van der Waals surface area contributed by atoms with Crippen LogP contribution in [0.3, 0.4) is 0 Å². The Morgan fingerprint density at radius 1 is 1.50 bits per heavy atom. The summed E-state index contributed by atoms with van der Waals surface area (Å²) in [6, 6.07) is 2.02. The molecule has 5 heteroatoms. The van der Waals surface area contributed by atoms with Gasteiger partial charge < -0.3 is 9.80 Å². The van der Waals surface area contributed by atoms with Crippen LogP contribution < -0.4 is 0 Å². The van der Waals surface area contributed by atoms with Gasteiger partial charge in [0.1, 0.15) is 0 Å². The first-order chi connectivity index (χ1) is 9.45.